The second-order valence-corrected chi connectivity index (χ2v) is 9.13. The monoisotopic (exact) mass is 497 g/mol. The number of thioether (sulfide) groups is 2. The van der Waals surface area contributed by atoms with Gasteiger partial charge in [0.25, 0.3) is 11.8 Å². The number of nitrogen functional groups attached to an aromatic ring is 1. The number of carboxylic acids is 1. The third kappa shape index (κ3) is 4.89. The number of hydrogen-bond acceptors (Lipinski definition) is 11. The summed E-state index contributed by atoms with van der Waals surface area (Å²) in [4.78, 5) is 51.6. The molecular formula is C17H19N7O5S3. The minimum absolute atomic E-state index is 0.0979. The smallest absolute Gasteiger partial charge is 0.353 e. The van der Waals surface area contributed by atoms with Gasteiger partial charge in [0.2, 0.25) is 0 Å². The summed E-state index contributed by atoms with van der Waals surface area (Å²) in [7, 11) is 1.27. The quantitative estimate of drug-likeness (QED) is 0.157. The topological polar surface area (TPSA) is 186 Å². The van der Waals surface area contributed by atoms with Gasteiger partial charge in [-0.25, -0.2) is 9.78 Å². The highest BCUT2D eigenvalue weighted by Gasteiger charge is 2.54. The standard InChI is InChI=1S/C17H19N7O5S3/c1-29-23-10(8-5-32-17(19)21-8)13(25)22-11-14(26)24-12(16(27)28)9(6-31-15(11)24)30-4-2-3-20-7-18/h2,4-5,7,11,15H,3,6H2,1H3,(H2,18,20)(H2,19,21)(H,22,25)(H,27,28)/b4-2-,23-10-/t11?,15-/m1/s1. The van der Waals surface area contributed by atoms with Crippen LogP contribution in [-0.2, 0) is 19.2 Å². The van der Waals surface area contributed by atoms with Crippen molar-refractivity contribution in [2.24, 2.45) is 15.9 Å². The molecule has 2 atom stereocenters. The number of aliphatic carboxylic acids is 1. The third-order valence-electron chi connectivity index (χ3n) is 4.21. The molecule has 2 aliphatic rings. The fourth-order valence-electron chi connectivity index (χ4n) is 2.88. The lowest BCUT2D eigenvalue weighted by molar-refractivity contribution is -0.150. The fourth-order valence-corrected chi connectivity index (χ4v) is 5.74. The Hall–Kier alpha value is -3.04. The Kier molecular flexibility index (Phi) is 7.76. The van der Waals surface area contributed by atoms with E-state index in [-0.39, 0.29) is 22.2 Å². The molecule has 0 saturated carbocycles. The van der Waals surface area contributed by atoms with Crippen LogP contribution in [0, 0.1) is 0 Å². The molecule has 6 N–H and O–H groups in total. The highest BCUT2D eigenvalue weighted by Crippen LogP contribution is 2.43. The average molecular weight is 498 g/mol. The number of aliphatic imine (C=N–C) groups is 1. The van der Waals surface area contributed by atoms with Crippen molar-refractivity contribution in [2.45, 2.75) is 11.4 Å². The predicted octanol–water partition coefficient (Wildman–Crippen LogP) is 0.00580. The molecule has 12 nitrogen and oxygen atoms in total. The zero-order valence-electron chi connectivity index (χ0n) is 16.6. The predicted molar refractivity (Wildman–Crippen MR) is 124 cm³/mol. The van der Waals surface area contributed by atoms with Crippen LogP contribution in [0.3, 0.4) is 0 Å². The molecule has 1 unspecified atom stereocenters. The number of nitrogens with zero attached hydrogens (tertiary/aromatic N) is 4. The summed E-state index contributed by atoms with van der Waals surface area (Å²) in [6.07, 6.45) is 2.90. The largest absolute Gasteiger partial charge is 0.477 e. The van der Waals surface area contributed by atoms with Gasteiger partial charge in [0.05, 0.1) is 12.9 Å². The Balaban J connectivity index is 1.74. The van der Waals surface area contributed by atoms with Gasteiger partial charge in [-0.05, 0) is 5.41 Å². The number of rotatable bonds is 9. The molecule has 0 spiro atoms. The van der Waals surface area contributed by atoms with Gasteiger partial charge in [-0.1, -0.05) is 23.0 Å². The van der Waals surface area contributed by atoms with Gasteiger partial charge in [-0.3, -0.25) is 19.5 Å². The van der Waals surface area contributed by atoms with E-state index >= 15 is 0 Å². The number of aromatic nitrogens is 1. The number of anilines is 1. The van der Waals surface area contributed by atoms with Crippen LogP contribution in [-0.4, -0.2) is 75.6 Å². The number of carbonyl (C=O) groups is 3. The van der Waals surface area contributed by atoms with E-state index in [1.807, 2.05) is 0 Å². The van der Waals surface area contributed by atoms with Crippen LogP contribution in [0.1, 0.15) is 5.69 Å². The van der Waals surface area contributed by atoms with Gasteiger partial charge in [-0.2, -0.15) is 0 Å². The van der Waals surface area contributed by atoms with E-state index < -0.39 is 29.2 Å². The van der Waals surface area contributed by atoms with Crippen molar-refractivity contribution < 1.29 is 24.3 Å². The van der Waals surface area contributed by atoms with Crippen molar-refractivity contribution in [1.82, 2.24) is 15.2 Å². The maximum absolute atomic E-state index is 12.8. The van der Waals surface area contributed by atoms with Crippen LogP contribution in [0.2, 0.25) is 0 Å². The number of amides is 2. The van der Waals surface area contributed by atoms with Crippen molar-refractivity contribution in [3.8, 4) is 0 Å². The number of β-lactam (4-membered cyclic amide) rings is 1. The van der Waals surface area contributed by atoms with E-state index in [0.29, 0.717) is 17.2 Å². The van der Waals surface area contributed by atoms with Crippen molar-refractivity contribution in [3.05, 3.63) is 33.2 Å². The summed E-state index contributed by atoms with van der Waals surface area (Å²) in [6.45, 7) is 0.363. The summed E-state index contributed by atoms with van der Waals surface area (Å²) in [5, 5.41) is 18.9. The van der Waals surface area contributed by atoms with E-state index in [9.17, 15) is 19.5 Å². The van der Waals surface area contributed by atoms with Gasteiger partial charge in [-0.15, -0.1) is 23.1 Å². The molecule has 3 rings (SSSR count). The van der Waals surface area contributed by atoms with Crippen LogP contribution in [0.5, 0.6) is 0 Å². The summed E-state index contributed by atoms with van der Waals surface area (Å²) >= 11 is 3.67. The number of fused-ring (bicyclic) bond motifs is 1. The average Bonchev–Trinajstić information content (AvgIpc) is 3.20. The zero-order valence-corrected chi connectivity index (χ0v) is 19.1. The first-order chi connectivity index (χ1) is 15.4. The second kappa shape index (κ2) is 10.5. The minimum atomic E-state index is -1.22. The molecule has 3 heterocycles. The molecule has 0 aliphatic carbocycles. The van der Waals surface area contributed by atoms with Crippen molar-refractivity contribution in [1.29, 1.82) is 0 Å². The Morgan fingerprint density at radius 1 is 1.53 bits per heavy atom. The number of carboxylic acid groups (broad SMARTS) is 1. The maximum atomic E-state index is 12.8. The summed E-state index contributed by atoms with van der Waals surface area (Å²) in [6, 6.07) is -0.916. The van der Waals surface area contributed by atoms with Crippen LogP contribution in [0.15, 0.2) is 37.6 Å². The Bertz CT molecular complexity index is 1040. The maximum Gasteiger partial charge on any atom is 0.353 e. The molecule has 1 fully saturated rings. The SMILES string of the molecule is CO/N=C(\C(=O)NC1C(=O)N2C(C(=O)O)=C(S/C=C\CN=CN)CS[C@H]12)c1csc(N)n1. The van der Waals surface area contributed by atoms with Crippen molar-refractivity contribution in [2.75, 3.05) is 25.1 Å². The highest BCUT2D eigenvalue weighted by atomic mass is 32.2. The molecule has 170 valence electrons. The zero-order chi connectivity index (χ0) is 23.3. The number of thiazole rings is 1. The molecule has 1 saturated heterocycles. The Labute approximate surface area is 194 Å². The molecule has 1 aromatic rings. The summed E-state index contributed by atoms with van der Waals surface area (Å²) in [5.41, 5.74) is 10.8. The van der Waals surface area contributed by atoms with Gasteiger partial charge in [0.1, 0.15) is 29.9 Å². The summed E-state index contributed by atoms with van der Waals surface area (Å²) in [5.74, 6) is -2.07. The highest BCUT2D eigenvalue weighted by molar-refractivity contribution is 8.08. The first kappa shape index (κ1) is 23.6. The Morgan fingerprint density at radius 3 is 2.94 bits per heavy atom. The lowest BCUT2D eigenvalue weighted by Gasteiger charge is -2.49. The van der Waals surface area contributed by atoms with E-state index in [0.717, 1.165) is 11.3 Å². The lowest BCUT2D eigenvalue weighted by atomic mass is 10.0. The molecule has 2 aliphatic heterocycles. The van der Waals surface area contributed by atoms with Crippen LogP contribution >= 0.6 is 34.9 Å². The second-order valence-electron chi connectivity index (χ2n) is 6.14. The van der Waals surface area contributed by atoms with E-state index in [1.54, 1.807) is 11.5 Å². The van der Waals surface area contributed by atoms with E-state index in [1.165, 1.54) is 47.3 Å². The number of hydrogen-bond donors (Lipinski definition) is 4. The molecule has 15 heteroatoms. The molecule has 1 aromatic heterocycles. The number of nitrogens with two attached hydrogens (primary N) is 2. The van der Waals surface area contributed by atoms with Crippen LogP contribution < -0.4 is 16.8 Å². The van der Waals surface area contributed by atoms with Gasteiger partial charge >= 0.3 is 5.97 Å². The fraction of sp³-hybridized carbons (Fsp3) is 0.294. The van der Waals surface area contributed by atoms with Gasteiger partial charge in [0, 0.05) is 16.0 Å². The third-order valence-corrected chi connectivity index (χ3v) is 7.29. The van der Waals surface area contributed by atoms with E-state index in [2.05, 4.69) is 20.4 Å². The van der Waals surface area contributed by atoms with E-state index in [4.69, 9.17) is 16.3 Å². The van der Waals surface area contributed by atoms with Gasteiger partial charge in [0.15, 0.2) is 10.8 Å². The minimum Gasteiger partial charge on any atom is -0.477 e. The first-order valence-electron chi connectivity index (χ1n) is 8.95. The van der Waals surface area contributed by atoms with Crippen LogP contribution in [0.25, 0.3) is 0 Å². The number of nitrogens with one attached hydrogen (secondary N) is 1. The lowest BCUT2D eigenvalue weighted by Crippen LogP contribution is -2.71. The van der Waals surface area contributed by atoms with Crippen molar-refractivity contribution >= 4 is 69.8 Å². The molecule has 2 amide bonds. The van der Waals surface area contributed by atoms with Gasteiger partial charge < -0.3 is 26.7 Å². The summed E-state index contributed by atoms with van der Waals surface area (Å²) < 4.78 is 0. The molecule has 0 radical (unpaired) electrons. The number of carbonyl (C=O) groups excluding carboxylic acids is 2. The molecule has 32 heavy (non-hydrogen) atoms. The normalized spacial score (nSPS) is 21.1. The molecule has 0 aromatic carbocycles. The first-order valence-corrected chi connectivity index (χ1v) is 11.8. The van der Waals surface area contributed by atoms with Crippen LogP contribution in [0.4, 0.5) is 5.13 Å². The van der Waals surface area contributed by atoms with Crippen molar-refractivity contribution in [3.63, 3.8) is 0 Å². The molecule has 0 bridgehead atoms. The molecular weight excluding hydrogens is 478 g/mol. The Morgan fingerprint density at radius 2 is 2.31 bits per heavy atom. The number of oxime groups is 1.